The van der Waals surface area contributed by atoms with E-state index in [0.29, 0.717) is 25.2 Å². The van der Waals surface area contributed by atoms with Gasteiger partial charge in [0.05, 0.1) is 42.9 Å². The van der Waals surface area contributed by atoms with Crippen molar-refractivity contribution in [3.8, 4) is 11.5 Å². The highest BCUT2D eigenvalue weighted by Crippen LogP contribution is 2.38. The van der Waals surface area contributed by atoms with Gasteiger partial charge in [0, 0.05) is 31.6 Å². The molecule has 2 N–H and O–H groups in total. The number of carbonyl (C=O) groups is 2. The molecule has 14 nitrogen and oxygen atoms in total. The largest absolute Gasteiger partial charge is 0.530 e. The molecule has 48 heavy (non-hydrogen) atoms. The number of hydrogen-bond acceptors (Lipinski definition) is 11. The molecule has 0 saturated carbocycles. The van der Waals surface area contributed by atoms with Crippen LogP contribution in [0, 0.1) is 11.3 Å². The standard InChI is InChI=1S/C33H45N3O11S/c1-4-43-31(38)34-14-13-33(2,3)20-35(48(41,42)23-10-11-28-29(17-23)47-21-46-28)18-27(37)25(16-22-8-6-5-7-9-22)36(32(39)40)26-19-45-30-24(26)12-15-44-30/h5-11,17,24-27,30,37H,4,12-16,18-21H2,1-3H3,(H,34,38)(H,39,40)/p-1/t24-,25-,26-,27+,30+/m0/s1. The molecule has 2 saturated heterocycles. The Bertz CT molecular complexity index is 1520. The minimum atomic E-state index is -4.29. The number of rotatable bonds is 15. The number of fused-ring (bicyclic) bond motifs is 2. The molecule has 0 radical (unpaired) electrons. The van der Waals surface area contributed by atoms with Crippen LogP contribution in [0.4, 0.5) is 9.59 Å². The van der Waals surface area contributed by atoms with Crippen molar-refractivity contribution in [3.63, 3.8) is 0 Å². The third-order valence-electron chi connectivity index (χ3n) is 8.99. The maximum atomic E-state index is 14.4. The maximum absolute atomic E-state index is 14.4. The van der Waals surface area contributed by atoms with Gasteiger partial charge in [0.15, 0.2) is 17.8 Å². The van der Waals surface area contributed by atoms with Gasteiger partial charge in [-0.1, -0.05) is 44.2 Å². The molecule has 264 valence electrons. The number of ether oxygens (including phenoxy) is 5. The number of benzene rings is 2. The van der Waals surface area contributed by atoms with Crippen LogP contribution in [-0.4, -0.2) is 106 Å². The van der Waals surface area contributed by atoms with E-state index in [1.54, 1.807) is 6.92 Å². The molecule has 0 aliphatic carbocycles. The second kappa shape index (κ2) is 15.3. The van der Waals surface area contributed by atoms with Crippen LogP contribution in [0.5, 0.6) is 11.5 Å². The zero-order valence-corrected chi connectivity index (χ0v) is 28.2. The van der Waals surface area contributed by atoms with Gasteiger partial charge in [0.1, 0.15) is 6.09 Å². The Kier molecular flexibility index (Phi) is 11.4. The summed E-state index contributed by atoms with van der Waals surface area (Å²) in [6.45, 7) is 5.74. The molecule has 2 aromatic rings. The first kappa shape index (κ1) is 35.7. The molecule has 2 aromatic carbocycles. The second-order valence-electron chi connectivity index (χ2n) is 13.0. The summed E-state index contributed by atoms with van der Waals surface area (Å²) in [5.74, 6) is 0.424. The fourth-order valence-corrected chi connectivity index (χ4v) is 8.19. The zero-order chi connectivity index (χ0) is 34.5. The molecule has 3 aliphatic heterocycles. The van der Waals surface area contributed by atoms with Gasteiger partial charge in [0.2, 0.25) is 16.8 Å². The molecular weight excluding hydrogens is 646 g/mol. The Morgan fingerprint density at radius 1 is 1.12 bits per heavy atom. The number of nitrogens with zero attached hydrogens (tertiary/aromatic N) is 2. The molecule has 3 aliphatic rings. The SMILES string of the molecule is CCOC(=O)NCCC(C)(C)CN(C[C@@H](O)[C@H](Cc1ccccc1)N(C(=O)[O-])[C@H]1CO[C@H]2OCC[C@H]21)S(=O)(=O)c1ccc2c(c1)OCO2. The number of aliphatic hydroxyl groups is 1. The fourth-order valence-electron chi connectivity index (χ4n) is 6.53. The van der Waals surface area contributed by atoms with Crippen LogP contribution in [0.15, 0.2) is 53.4 Å². The quantitative estimate of drug-likeness (QED) is 0.279. The number of amides is 2. The molecule has 3 heterocycles. The Hall–Kier alpha value is -3.63. The van der Waals surface area contributed by atoms with Gasteiger partial charge in [0.25, 0.3) is 0 Å². The first-order valence-electron chi connectivity index (χ1n) is 16.1. The Labute approximate surface area is 280 Å². The van der Waals surface area contributed by atoms with Gasteiger partial charge in [-0.3, -0.25) is 0 Å². The predicted molar refractivity (Wildman–Crippen MR) is 170 cm³/mol. The van der Waals surface area contributed by atoms with Crippen molar-refractivity contribution >= 4 is 22.2 Å². The zero-order valence-electron chi connectivity index (χ0n) is 27.4. The van der Waals surface area contributed by atoms with Crippen LogP contribution < -0.4 is 19.9 Å². The summed E-state index contributed by atoms with van der Waals surface area (Å²) in [6.07, 6.45) is -3.07. The van der Waals surface area contributed by atoms with Crippen molar-refractivity contribution in [1.82, 2.24) is 14.5 Å². The van der Waals surface area contributed by atoms with E-state index in [1.807, 2.05) is 44.2 Å². The third-order valence-corrected chi connectivity index (χ3v) is 10.8. The summed E-state index contributed by atoms with van der Waals surface area (Å²) < 4.78 is 57.0. The summed E-state index contributed by atoms with van der Waals surface area (Å²) in [7, 11) is -4.29. The summed E-state index contributed by atoms with van der Waals surface area (Å²) in [5, 5.41) is 27.5. The Morgan fingerprint density at radius 3 is 2.60 bits per heavy atom. The lowest BCUT2D eigenvalue weighted by molar-refractivity contribution is -0.273. The number of hydrogen-bond donors (Lipinski definition) is 2. The van der Waals surface area contributed by atoms with E-state index in [1.165, 1.54) is 18.2 Å². The first-order valence-corrected chi connectivity index (χ1v) is 17.6. The average molecular weight is 691 g/mol. The number of carboxylic acid groups (broad SMARTS) is 1. The minimum Gasteiger partial charge on any atom is -0.530 e. The van der Waals surface area contributed by atoms with E-state index in [-0.39, 0.29) is 56.1 Å². The molecule has 2 amide bonds. The van der Waals surface area contributed by atoms with Gasteiger partial charge >= 0.3 is 6.09 Å². The fraction of sp³-hybridized carbons (Fsp3) is 0.576. The van der Waals surface area contributed by atoms with Crippen LogP contribution in [0.25, 0.3) is 0 Å². The highest BCUT2D eigenvalue weighted by molar-refractivity contribution is 7.89. The van der Waals surface area contributed by atoms with Crippen molar-refractivity contribution in [2.45, 2.75) is 69.4 Å². The summed E-state index contributed by atoms with van der Waals surface area (Å²) >= 11 is 0. The average Bonchev–Trinajstić information content (AvgIpc) is 3.79. The molecule has 5 rings (SSSR count). The molecule has 5 atom stereocenters. The smallest absolute Gasteiger partial charge is 0.407 e. The van der Waals surface area contributed by atoms with Crippen molar-refractivity contribution in [1.29, 1.82) is 0 Å². The van der Waals surface area contributed by atoms with Crippen LogP contribution in [0.3, 0.4) is 0 Å². The monoisotopic (exact) mass is 690 g/mol. The van der Waals surface area contributed by atoms with Gasteiger partial charge in [-0.05, 0) is 49.3 Å². The lowest BCUT2D eigenvalue weighted by Gasteiger charge is -2.43. The van der Waals surface area contributed by atoms with Gasteiger partial charge < -0.3 is 48.9 Å². The van der Waals surface area contributed by atoms with Gasteiger partial charge in [-0.15, -0.1) is 0 Å². The lowest BCUT2D eigenvalue weighted by atomic mass is 9.89. The van der Waals surface area contributed by atoms with E-state index in [2.05, 4.69) is 5.32 Å². The summed E-state index contributed by atoms with van der Waals surface area (Å²) in [5.41, 5.74) is 0.0423. The highest BCUT2D eigenvalue weighted by atomic mass is 32.2. The normalized spacial score (nSPS) is 21.5. The second-order valence-corrected chi connectivity index (χ2v) is 14.9. The molecular formula is C33H44N3O11S-. The first-order chi connectivity index (χ1) is 22.9. The van der Waals surface area contributed by atoms with Crippen molar-refractivity contribution in [2.24, 2.45) is 11.3 Å². The minimum absolute atomic E-state index is 0.0419. The van der Waals surface area contributed by atoms with Crippen molar-refractivity contribution in [2.75, 3.05) is 46.2 Å². The number of carbonyl (C=O) groups excluding carboxylic acids is 2. The van der Waals surface area contributed by atoms with Crippen LogP contribution in [-0.2, 0) is 30.7 Å². The molecule has 0 spiro atoms. The number of sulfonamides is 1. The molecule has 0 unspecified atom stereocenters. The Morgan fingerprint density at radius 2 is 1.88 bits per heavy atom. The molecule has 15 heteroatoms. The van der Waals surface area contributed by atoms with E-state index < -0.39 is 58.6 Å². The van der Waals surface area contributed by atoms with E-state index in [9.17, 15) is 28.2 Å². The van der Waals surface area contributed by atoms with Crippen LogP contribution >= 0.6 is 0 Å². The number of aliphatic hydroxyl groups excluding tert-OH is 1. The van der Waals surface area contributed by atoms with Gasteiger partial charge in [-0.25, -0.2) is 13.2 Å². The van der Waals surface area contributed by atoms with Crippen molar-refractivity contribution < 1.29 is 51.9 Å². The van der Waals surface area contributed by atoms with E-state index in [0.717, 1.165) is 14.8 Å². The lowest BCUT2D eigenvalue weighted by Crippen LogP contribution is -2.61. The predicted octanol–water partition coefficient (Wildman–Crippen LogP) is 1.95. The topological polar surface area (TPSA) is 176 Å². The summed E-state index contributed by atoms with van der Waals surface area (Å²) in [4.78, 5) is 25.8. The Balaban J connectivity index is 1.46. The molecule has 0 bridgehead atoms. The third kappa shape index (κ3) is 8.32. The number of nitrogens with one attached hydrogen (secondary N) is 1. The van der Waals surface area contributed by atoms with E-state index in [4.69, 9.17) is 23.7 Å². The molecule has 2 fully saturated rings. The van der Waals surface area contributed by atoms with E-state index >= 15 is 0 Å². The summed E-state index contributed by atoms with van der Waals surface area (Å²) in [6, 6.07) is 11.6. The van der Waals surface area contributed by atoms with Crippen molar-refractivity contribution in [3.05, 3.63) is 54.1 Å². The molecule has 0 aromatic heterocycles. The van der Waals surface area contributed by atoms with Crippen LogP contribution in [0.1, 0.15) is 39.2 Å². The van der Waals surface area contributed by atoms with Crippen LogP contribution in [0.2, 0.25) is 0 Å². The highest BCUT2D eigenvalue weighted by Gasteiger charge is 2.47. The maximum Gasteiger partial charge on any atom is 0.407 e. The number of alkyl carbamates (subject to hydrolysis) is 1. The van der Waals surface area contributed by atoms with Gasteiger partial charge in [-0.2, -0.15) is 4.31 Å².